The Kier molecular flexibility index (Phi) is 4.15. The number of nitrogens with two attached hydrogens (primary N) is 1. The minimum atomic E-state index is -3.75. The first-order valence-corrected chi connectivity index (χ1v) is 8.97. The Morgan fingerprint density at radius 3 is 3.09 bits per heavy atom. The molecule has 8 nitrogen and oxygen atoms in total. The molecular weight excluding hydrogens is 320 g/mol. The molecule has 0 aromatic rings. The fraction of sp³-hybridized carbons (Fsp3) is 0.571. The molecule has 3 N–H and O–H groups in total. The monoisotopic (exact) mass is 340 g/mol. The van der Waals surface area contributed by atoms with E-state index in [9.17, 15) is 13.2 Å². The highest BCUT2D eigenvalue weighted by Gasteiger charge is 2.38. The molecule has 2 aliphatic heterocycles. The van der Waals surface area contributed by atoms with E-state index in [1.165, 1.54) is 0 Å². The third-order valence-electron chi connectivity index (χ3n) is 4.30. The van der Waals surface area contributed by atoms with Crippen LogP contribution < -0.4 is 10.5 Å². The number of nitrogens with one attached hydrogen (secondary N) is 1. The topological polar surface area (TPSA) is 114 Å². The Balaban J connectivity index is 1.72. The number of amides is 1. The number of carbonyl (C=O) groups excluding carboxylic acids is 1. The second-order valence-electron chi connectivity index (χ2n) is 5.89. The Hall–Kier alpha value is -1.87. The Labute approximate surface area is 135 Å². The summed E-state index contributed by atoms with van der Waals surface area (Å²) in [5, 5.41) is 0. The molecule has 1 saturated heterocycles. The lowest BCUT2D eigenvalue weighted by atomic mass is 9.92. The van der Waals surface area contributed by atoms with Crippen molar-refractivity contribution in [3.63, 3.8) is 0 Å². The number of nitrogens with zero attached hydrogens (tertiary/aromatic N) is 2. The van der Waals surface area contributed by atoms with Gasteiger partial charge in [-0.1, -0.05) is 12.2 Å². The lowest BCUT2D eigenvalue weighted by molar-refractivity contribution is -0.130. The van der Waals surface area contributed by atoms with Crippen LogP contribution in [-0.4, -0.2) is 50.3 Å². The van der Waals surface area contributed by atoms with Crippen molar-refractivity contribution in [2.45, 2.75) is 31.8 Å². The van der Waals surface area contributed by atoms with Crippen molar-refractivity contribution in [3.05, 3.63) is 24.0 Å². The van der Waals surface area contributed by atoms with E-state index in [1.54, 1.807) is 30.1 Å². The molecule has 9 heteroatoms. The predicted octanol–water partition coefficient (Wildman–Crippen LogP) is -0.342. The maximum Gasteiger partial charge on any atom is 0.322 e. The van der Waals surface area contributed by atoms with Crippen molar-refractivity contribution in [3.8, 4) is 0 Å². The highest BCUT2D eigenvalue weighted by atomic mass is 32.2. The Morgan fingerprint density at radius 1 is 1.57 bits per heavy atom. The van der Waals surface area contributed by atoms with Gasteiger partial charge in [0.2, 0.25) is 5.91 Å². The van der Waals surface area contributed by atoms with Crippen molar-refractivity contribution < 1.29 is 17.9 Å². The fourth-order valence-electron chi connectivity index (χ4n) is 3.25. The highest BCUT2D eigenvalue weighted by molar-refractivity contribution is 7.88. The van der Waals surface area contributed by atoms with Crippen LogP contribution in [0, 0.1) is 5.92 Å². The normalized spacial score (nSPS) is 32.0. The molecule has 1 amide bonds. The molecule has 1 fully saturated rings. The average Bonchev–Trinajstić information content (AvgIpc) is 2.91. The van der Waals surface area contributed by atoms with Crippen LogP contribution in [0.1, 0.15) is 19.8 Å². The van der Waals surface area contributed by atoms with Crippen LogP contribution in [-0.2, 0) is 19.7 Å². The fourth-order valence-corrected chi connectivity index (χ4v) is 4.25. The molecule has 0 bridgehead atoms. The summed E-state index contributed by atoms with van der Waals surface area (Å²) in [7, 11) is -3.75. The van der Waals surface area contributed by atoms with Gasteiger partial charge in [0.1, 0.15) is 18.2 Å². The molecule has 0 spiro atoms. The minimum Gasteiger partial charge on any atom is -0.495 e. The number of likely N-dealkylation sites (tertiary alicyclic amines) is 1. The van der Waals surface area contributed by atoms with E-state index >= 15 is 0 Å². The SMILES string of the molecule is CC(=O)N1CCC[C@@H]1COC1=CC=CC2NS(=O)(=O)N=C(N)C12. The van der Waals surface area contributed by atoms with Crippen molar-refractivity contribution in [2.24, 2.45) is 16.0 Å². The van der Waals surface area contributed by atoms with Gasteiger partial charge in [0.15, 0.2) is 0 Å². The van der Waals surface area contributed by atoms with Crippen LogP contribution in [0.25, 0.3) is 0 Å². The third kappa shape index (κ3) is 3.25. The van der Waals surface area contributed by atoms with Gasteiger partial charge >= 0.3 is 10.2 Å². The summed E-state index contributed by atoms with van der Waals surface area (Å²) in [5.74, 6) is 0.171. The van der Waals surface area contributed by atoms with Crippen LogP contribution in [0.5, 0.6) is 0 Å². The maximum absolute atomic E-state index is 11.6. The zero-order valence-corrected chi connectivity index (χ0v) is 13.6. The van der Waals surface area contributed by atoms with Gasteiger partial charge in [-0.3, -0.25) is 4.79 Å². The number of hydrogen-bond acceptors (Lipinski definition) is 5. The molecular formula is C14H20N4O4S. The number of hydrogen-bond donors (Lipinski definition) is 2. The zero-order valence-electron chi connectivity index (χ0n) is 12.8. The maximum atomic E-state index is 11.6. The summed E-state index contributed by atoms with van der Waals surface area (Å²) in [6.45, 7) is 2.66. The van der Waals surface area contributed by atoms with Gasteiger partial charge in [-0.15, -0.1) is 4.40 Å². The first-order chi connectivity index (χ1) is 10.9. The molecule has 0 saturated carbocycles. The van der Waals surface area contributed by atoms with Crippen molar-refractivity contribution in [1.82, 2.24) is 9.62 Å². The summed E-state index contributed by atoms with van der Waals surface area (Å²) in [4.78, 5) is 13.4. The van der Waals surface area contributed by atoms with Gasteiger partial charge in [0.05, 0.1) is 18.0 Å². The van der Waals surface area contributed by atoms with Gasteiger partial charge in [-0.25, -0.2) is 0 Å². The number of amidine groups is 1. The Bertz CT molecular complexity index is 698. The van der Waals surface area contributed by atoms with E-state index in [1.807, 2.05) is 0 Å². The summed E-state index contributed by atoms with van der Waals surface area (Å²) in [6.07, 6.45) is 7.06. The van der Waals surface area contributed by atoms with E-state index < -0.39 is 22.2 Å². The van der Waals surface area contributed by atoms with Gasteiger partial charge < -0.3 is 15.4 Å². The standard InChI is InChI=1S/C14H20N4O4S/c1-9(19)18-7-3-4-10(18)8-22-12-6-2-5-11-13(12)14(15)17-23(20,21)16-11/h2,5-6,10-11,13,16H,3-4,7-8H2,1H3,(H2,15,17)/t10-,11?,13?/m1/s1. The Morgan fingerprint density at radius 2 is 2.35 bits per heavy atom. The molecule has 0 radical (unpaired) electrons. The van der Waals surface area contributed by atoms with E-state index in [0.29, 0.717) is 12.4 Å². The van der Waals surface area contributed by atoms with Crippen LogP contribution in [0.2, 0.25) is 0 Å². The molecule has 3 atom stereocenters. The van der Waals surface area contributed by atoms with Gasteiger partial charge in [0.25, 0.3) is 0 Å². The number of rotatable bonds is 3. The molecule has 23 heavy (non-hydrogen) atoms. The first kappa shape index (κ1) is 16.0. The van der Waals surface area contributed by atoms with Crippen LogP contribution in [0.3, 0.4) is 0 Å². The molecule has 3 rings (SSSR count). The lowest BCUT2D eigenvalue weighted by Gasteiger charge is -2.33. The summed E-state index contributed by atoms with van der Waals surface area (Å²) in [5.41, 5.74) is 5.83. The molecule has 0 aromatic heterocycles. The minimum absolute atomic E-state index is 0.0131. The van der Waals surface area contributed by atoms with Crippen molar-refractivity contribution in [1.29, 1.82) is 0 Å². The zero-order chi connectivity index (χ0) is 16.6. The second-order valence-corrected chi connectivity index (χ2v) is 7.25. The van der Waals surface area contributed by atoms with Gasteiger partial charge in [-0.05, 0) is 18.9 Å². The molecule has 2 heterocycles. The van der Waals surface area contributed by atoms with Crippen LogP contribution in [0.15, 0.2) is 28.4 Å². The molecule has 1 aliphatic carbocycles. The van der Waals surface area contributed by atoms with Gasteiger partial charge in [0, 0.05) is 13.5 Å². The number of allylic oxidation sites excluding steroid dienone is 2. The summed E-state index contributed by atoms with van der Waals surface area (Å²) < 4.78 is 35.0. The first-order valence-electron chi connectivity index (χ1n) is 7.53. The quantitative estimate of drug-likeness (QED) is 0.729. The summed E-state index contributed by atoms with van der Waals surface area (Å²) >= 11 is 0. The second kappa shape index (κ2) is 5.97. The highest BCUT2D eigenvalue weighted by Crippen LogP contribution is 2.27. The van der Waals surface area contributed by atoms with E-state index in [-0.39, 0.29) is 17.8 Å². The van der Waals surface area contributed by atoms with Gasteiger partial charge in [-0.2, -0.15) is 13.1 Å². The number of carbonyl (C=O) groups is 1. The summed E-state index contributed by atoms with van der Waals surface area (Å²) in [6, 6.07) is -0.457. The predicted molar refractivity (Wildman–Crippen MR) is 84.5 cm³/mol. The average molecular weight is 340 g/mol. The number of ether oxygens (including phenoxy) is 1. The number of fused-ring (bicyclic) bond motifs is 1. The third-order valence-corrected chi connectivity index (χ3v) is 5.32. The molecule has 3 aliphatic rings. The molecule has 126 valence electrons. The van der Waals surface area contributed by atoms with E-state index in [2.05, 4.69) is 9.12 Å². The lowest BCUT2D eigenvalue weighted by Crippen LogP contribution is -2.50. The van der Waals surface area contributed by atoms with Crippen LogP contribution in [0.4, 0.5) is 0 Å². The van der Waals surface area contributed by atoms with E-state index in [0.717, 1.165) is 19.4 Å². The largest absolute Gasteiger partial charge is 0.495 e. The smallest absolute Gasteiger partial charge is 0.322 e. The van der Waals surface area contributed by atoms with Crippen LogP contribution >= 0.6 is 0 Å². The van der Waals surface area contributed by atoms with Crippen molar-refractivity contribution >= 4 is 22.0 Å². The van der Waals surface area contributed by atoms with E-state index in [4.69, 9.17) is 10.5 Å². The molecule has 0 aromatic carbocycles. The molecule has 2 unspecified atom stereocenters. The van der Waals surface area contributed by atoms with Crippen molar-refractivity contribution in [2.75, 3.05) is 13.2 Å².